The molecule has 0 atom stereocenters. The summed E-state index contributed by atoms with van der Waals surface area (Å²) in [6.45, 7) is 8.05. The summed E-state index contributed by atoms with van der Waals surface area (Å²) in [6, 6.07) is 0. The lowest BCUT2D eigenvalue weighted by Crippen LogP contribution is -2.44. The van der Waals surface area contributed by atoms with Crippen molar-refractivity contribution in [2.75, 3.05) is 26.3 Å². The standard InChI is InChI=1S/C9H20N2O/c1-3-12-8-9(2)4-6-11(10)7-5-9/h3-8,10H2,1-2H3. The minimum absolute atomic E-state index is 0.367. The van der Waals surface area contributed by atoms with Gasteiger partial charge < -0.3 is 4.74 Å². The molecule has 1 fully saturated rings. The topological polar surface area (TPSA) is 38.5 Å². The van der Waals surface area contributed by atoms with Crippen LogP contribution in [0.5, 0.6) is 0 Å². The minimum Gasteiger partial charge on any atom is -0.381 e. The van der Waals surface area contributed by atoms with Crippen LogP contribution in [-0.2, 0) is 4.74 Å². The maximum absolute atomic E-state index is 5.68. The highest BCUT2D eigenvalue weighted by molar-refractivity contribution is 4.80. The Morgan fingerprint density at radius 1 is 1.42 bits per heavy atom. The fourth-order valence-electron chi connectivity index (χ4n) is 1.56. The van der Waals surface area contributed by atoms with E-state index in [0.717, 1.165) is 39.1 Å². The number of nitrogens with two attached hydrogens (primary N) is 1. The van der Waals surface area contributed by atoms with Gasteiger partial charge in [-0.2, -0.15) is 0 Å². The van der Waals surface area contributed by atoms with Gasteiger partial charge >= 0.3 is 0 Å². The third kappa shape index (κ3) is 2.73. The van der Waals surface area contributed by atoms with Crippen LogP contribution in [0.25, 0.3) is 0 Å². The maximum Gasteiger partial charge on any atom is 0.0520 e. The Morgan fingerprint density at radius 2 is 2.00 bits per heavy atom. The molecule has 3 nitrogen and oxygen atoms in total. The molecule has 2 N–H and O–H groups in total. The second-order valence-electron chi connectivity index (χ2n) is 3.98. The van der Waals surface area contributed by atoms with Crippen LogP contribution in [0.2, 0.25) is 0 Å². The smallest absolute Gasteiger partial charge is 0.0520 e. The molecule has 0 unspecified atom stereocenters. The van der Waals surface area contributed by atoms with E-state index < -0.39 is 0 Å². The summed E-state index contributed by atoms with van der Waals surface area (Å²) < 4.78 is 5.45. The second kappa shape index (κ2) is 4.21. The molecule has 0 aromatic carbocycles. The van der Waals surface area contributed by atoms with Crippen molar-refractivity contribution < 1.29 is 4.74 Å². The number of nitrogens with zero attached hydrogens (tertiary/aromatic N) is 1. The van der Waals surface area contributed by atoms with Gasteiger partial charge in [-0.15, -0.1) is 0 Å². The number of ether oxygens (including phenoxy) is 1. The first-order valence-corrected chi connectivity index (χ1v) is 4.74. The highest BCUT2D eigenvalue weighted by Gasteiger charge is 2.28. The van der Waals surface area contributed by atoms with E-state index in [1.54, 1.807) is 0 Å². The van der Waals surface area contributed by atoms with Gasteiger partial charge in [0.15, 0.2) is 0 Å². The molecule has 1 aliphatic heterocycles. The van der Waals surface area contributed by atoms with E-state index in [2.05, 4.69) is 6.92 Å². The highest BCUT2D eigenvalue weighted by atomic mass is 16.5. The molecule has 0 aromatic rings. The molecule has 0 amide bonds. The summed E-state index contributed by atoms with van der Waals surface area (Å²) in [5, 5.41) is 1.90. The van der Waals surface area contributed by atoms with Crippen LogP contribution in [0.3, 0.4) is 0 Å². The van der Waals surface area contributed by atoms with Crippen molar-refractivity contribution in [3.8, 4) is 0 Å². The summed E-state index contributed by atoms with van der Waals surface area (Å²) >= 11 is 0. The molecule has 0 aliphatic carbocycles. The molecular weight excluding hydrogens is 152 g/mol. The lowest BCUT2D eigenvalue weighted by atomic mass is 9.82. The predicted octanol–water partition coefficient (Wildman–Crippen LogP) is 0.999. The van der Waals surface area contributed by atoms with Crippen molar-refractivity contribution in [1.82, 2.24) is 5.01 Å². The van der Waals surface area contributed by atoms with Gasteiger partial charge in [-0.3, -0.25) is 5.84 Å². The van der Waals surface area contributed by atoms with Crippen molar-refractivity contribution in [3.63, 3.8) is 0 Å². The van der Waals surface area contributed by atoms with Crippen molar-refractivity contribution in [2.24, 2.45) is 11.3 Å². The van der Waals surface area contributed by atoms with E-state index >= 15 is 0 Å². The Labute approximate surface area is 74.8 Å². The third-order valence-electron chi connectivity index (χ3n) is 2.66. The molecule has 0 radical (unpaired) electrons. The zero-order chi connectivity index (χ0) is 9.03. The van der Waals surface area contributed by atoms with Crippen LogP contribution in [0.15, 0.2) is 0 Å². The van der Waals surface area contributed by atoms with Crippen molar-refractivity contribution >= 4 is 0 Å². The van der Waals surface area contributed by atoms with Gasteiger partial charge in [0.1, 0.15) is 0 Å². The average molecular weight is 172 g/mol. The molecule has 1 aliphatic rings. The summed E-state index contributed by atoms with van der Waals surface area (Å²) in [7, 11) is 0. The van der Waals surface area contributed by atoms with Gasteiger partial charge in [-0.05, 0) is 25.2 Å². The van der Waals surface area contributed by atoms with E-state index in [4.69, 9.17) is 10.6 Å². The number of rotatable bonds is 3. The van der Waals surface area contributed by atoms with Crippen molar-refractivity contribution in [3.05, 3.63) is 0 Å². The van der Waals surface area contributed by atoms with E-state index in [0.29, 0.717) is 5.41 Å². The molecule has 0 saturated carbocycles. The molecule has 1 rings (SSSR count). The summed E-state index contributed by atoms with van der Waals surface area (Å²) in [5.74, 6) is 5.68. The van der Waals surface area contributed by atoms with Crippen LogP contribution < -0.4 is 5.84 Å². The Balaban J connectivity index is 2.29. The quantitative estimate of drug-likeness (QED) is 0.645. The van der Waals surface area contributed by atoms with Gasteiger partial charge in [0.2, 0.25) is 0 Å². The summed E-state index contributed by atoms with van der Waals surface area (Å²) in [5.41, 5.74) is 0.367. The van der Waals surface area contributed by atoms with E-state index in [9.17, 15) is 0 Å². The van der Waals surface area contributed by atoms with Crippen molar-refractivity contribution in [1.29, 1.82) is 0 Å². The maximum atomic E-state index is 5.68. The largest absolute Gasteiger partial charge is 0.381 e. The number of piperidine rings is 1. The normalized spacial score (nSPS) is 24.2. The van der Waals surface area contributed by atoms with Crippen molar-refractivity contribution in [2.45, 2.75) is 26.7 Å². The lowest BCUT2D eigenvalue weighted by Gasteiger charge is -2.37. The Morgan fingerprint density at radius 3 is 2.50 bits per heavy atom. The predicted molar refractivity (Wildman–Crippen MR) is 49.6 cm³/mol. The summed E-state index contributed by atoms with van der Waals surface area (Å²) in [6.07, 6.45) is 2.31. The van der Waals surface area contributed by atoms with Crippen LogP contribution in [0.1, 0.15) is 26.7 Å². The fourth-order valence-corrected chi connectivity index (χ4v) is 1.56. The molecular formula is C9H20N2O. The molecule has 72 valence electrons. The zero-order valence-electron chi connectivity index (χ0n) is 8.18. The third-order valence-corrected chi connectivity index (χ3v) is 2.66. The Kier molecular flexibility index (Phi) is 3.50. The van der Waals surface area contributed by atoms with Crippen LogP contribution in [-0.4, -0.2) is 31.3 Å². The Bertz CT molecular complexity index is 125. The van der Waals surface area contributed by atoms with Gasteiger partial charge in [-0.25, -0.2) is 5.01 Å². The minimum atomic E-state index is 0.367. The molecule has 0 bridgehead atoms. The molecule has 1 saturated heterocycles. The first kappa shape index (κ1) is 9.96. The highest BCUT2D eigenvalue weighted by Crippen LogP contribution is 2.29. The first-order chi connectivity index (χ1) is 5.66. The summed E-state index contributed by atoms with van der Waals surface area (Å²) in [4.78, 5) is 0. The SMILES string of the molecule is CCOCC1(C)CCN(N)CC1. The second-order valence-corrected chi connectivity index (χ2v) is 3.98. The average Bonchev–Trinajstić information content (AvgIpc) is 2.08. The first-order valence-electron chi connectivity index (χ1n) is 4.74. The van der Waals surface area contributed by atoms with Gasteiger partial charge in [0.05, 0.1) is 6.61 Å². The van der Waals surface area contributed by atoms with Crippen LogP contribution in [0, 0.1) is 5.41 Å². The number of hydrogen-bond donors (Lipinski definition) is 1. The zero-order valence-corrected chi connectivity index (χ0v) is 8.18. The lowest BCUT2D eigenvalue weighted by molar-refractivity contribution is 0.0161. The van der Waals surface area contributed by atoms with E-state index in [1.165, 1.54) is 0 Å². The van der Waals surface area contributed by atoms with E-state index in [-0.39, 0.29) is 0 Å². The number of hydrogen-bond acceptors (Lipinski definition) is 3. The van der Waals surface area contributed by atoms with Crippen LogP contribution in [0.4, 0.5) is 0 Å². The van der Waals surface area contributed by atoms with Gasteiger partial charge in [0, 0.05) is 19.7 Å². The molecule has 3 heteroatoms. The Hall–Kier alpha value is -0.120. The molecule has 0 spiro atoms. The molecule has 12 heavy (non-hydrogen) atoms. The monoisotopic (exact) mass is 172 g/mol. The van der Waals surface area contributed by atoms with Gasteiger partial charge in [-0.1, -0.05) is 6.92 Å². The van der Waals surface area contributed by atoms with E-state index in [1.807, 2.05) is 11.9 Å². The number of hydrazine groups is 1. The molecule has 0 aromatic heterocycles. The van der Waals surface area contributed by atoms with Crippen LogP contribution >= 0.6 is 0 Å². The fraction of sp³-hybridized carbons (Fsp3) is 1.00. The van der Waals surface area contributed by atoms with Gasteiger partial charge in [0.25, 0.3) is 0 Å². The molecule has 1 heterocycles.